The van der Waals surface area contributed by atoms with Gasteiger partial charge in [0, 0.05) is 0 Å². The Morgan fingerprint density at radius 3 is 1.00 bits per heavy atom. The van der Waals surface area contributed by atoms with Gasteiger partial charge in [0.05, 0.1) is 13.2 Å². The number of unbranched alkanes of at least 4 members (excludes halogenated alkanes) is 16. The molecule has 0 aromatic carbocycles. The highest BCUT2D eigenvalue weighted by Crippen LogP contribution is 2.22. The van der Waals surface area contributed by atoms with Crippen molar-refractivity contribution in [1.82, 2.24) is 0 Å². The number of rotatable bonds is 30. The summed E-state index contributed by atoms with van der Waals surface area (Å²) in [5.41, 5.74) is 0. The Balaban J connectivity index is 4.60. The first-order valence-electron chi connectivity index (χ1n) is 17.5. The zero-order valence-electron chi connectivity index (χ0n) is 27.1. The molecule has 0 radical (unpaired) electrons. The van der Waals surface area contributed by atoms with Crippen molar-refractivity contribution < 1.29 is 19.1 Å². The van der Waals surface area contributed by atoms with Crippen LogP contribution in [0.4, 0.5) is 0 Å². The third kappa shape index (κ3) is 24.1. The molecule has 0 amide bonds. The number of halogens is 1. The lowest BCUT2D eigenvalue weighted by Crippen LogP contribution is -2.31. The van der Waals surface area contributed by atoms with Crippen molar-refractivity contribution in [2.75, 3.05) is 13.2 Å². The van der Waals surface area contributed by atoms with Gasteiger partial charge in [-0.3, -0.25) is 9.59 Å². The number of hydrogen-bond donors (Lipinski definition) is 0. The van der Waals surface area contributed by atoms with E-state index in [4.69, 9.17) is 9.47 Å². The fourth-order valence-corrected chi connectivity index (χ4v) is 5.68. The van der Waals surface area contributed by atoms with Crippen LogP contribution in [-0.2, 0) is 19.1 Å². The van der Waals surface area contributed by atoms with Crippen LogP contribution >= 0.6 is 15.9 Å². The first-order valence-corrected chi connectivity index (χ1v) is 18.4. The molecular weight excluding hydrogens is 564 g/mol. The van der Waals surface area contributed by atoms with Gasteiger partial charge in [-0.2, -0.15) is 0 Å². The predicted octanol–water partition coefficient (Wildman–Crippen LogP) is 11.5. The van der Waals surface area contributed by atoms with E-state index in [9.17, 15) is 9.59 Å². The van der Waals surface area contributed by atoms with Gasteiger partial charge in [0.15, 0.2) is 0 Å². The van der Waals surface area contributed by atoms with Crippen molar-refractivity contribution in [3.05, 3.63) is 0 Å². The van der Waals surface area contributed by atoms with E-state index in [-0.39, 0.29) is 0 Å². The molecule has 0 bridgehead atoms. The van der Waals surface area contributed by atoms with E-state index in [0.29, 0.717) is 25.0 Å². The summed E-state index contributed by atoms with van der Waals surface area (Å²) < 4.78 is 11.3. The summed E-state index contributed by atoms with van der Waals surface area (Å²) in [4.78, 5) is 24.4. The summed E-state index contributed by atoms with van der Waals surface area (Å²) in [6.45, 7) is 9.77. The summed E-state index contributed by atoms with van der Waals surface area (Å²) in [7, 11) is 0. The normalized spacial score (nSPS) is 13.6. The minimum Gasteiger partial charge on any atom is -0.464 e. The van der Waals surface area contributed by atoms with Gasteiger partial charge in [0.2, 0.25) is 4.83 Å². The lowest BCUT2D eigenvalue weighted by Gasteiger charge is -2.20. The highest BCUT2D eigenvalue weighted by Gasteiger charge is 2.28. The first-order chi connectivity index (χ1) is 19.5. The van der Waals surface area contributed by atoms with Gasteiger partial charge in [0.1, 0.15) is 0 Å². The van der Waals surface area contributed by atoms with Gasteiger partial charge in [-0.1, -0.05) is 172 Å². The second-order valence-corrected chi connectivity index (χ2v) is 13.1. The summed E-state index contributed by atoms with van der Waals surface area (Å²) in [6.07, 6.45) is 29.5. The largest absolute Gasteiger partial charge is 0.464 e. The number of ether oxygens (including phenoxy) is 2. The maximum Gasteiger partial charge on any atom is 0.331 e. The highest BCUT2D eigenvalue weighted by atomic mass is 79.9. The number of carbonyl (C=O) groups is 2. The van der Waals surface area contributed by atoms with Crippen molar-refractivity contribution in [2.24, 2.45) is 11.8 Å². The van der Waals surface area contributed by atoms with E-state index in [1.54, 1.807) is 0 Å². The lowest BCUT2D eigenvalue weighted by atomic mass is 9.95. The summed E-state index contributed by atoms with van der Waals surface area (Å²) in [5.74, 6) is -0.232. The third-order valence-electron chi connectivity index (χ3n) is 8.20. The molecule has 2 unspecified atom stereocenters. The van der Waals surface area contributed by atoms with E-state index in [0.717, 1.165) is 25.7 Å². The summed E-state index contributed by atoms with van der Waals surface area (Å²) in [5, 5.41) is 0. The molecule has 4 nitrogen and oxygen atoms in total. The number of hydrogen-bond acceptors (Lipinski definition) is 4. The summed E-state index contributed by atoms with van der Waals surface area (Å²) in [6, 6.07) is 0. The average molecular weight is 632 g/mol. The standard InChI is InChI=1S/C35H67BrO4/c1-5-9-13-17-19-23-27-31(25-21-15-11-7-3)29-39-34(37)33(36)35(38)40-30-32(26-22-16-12-8-4)28-24-20-18-14-10-6-2/h31-33H,5-30H2,1-4H3. The van der Waals surface area contributed by atoms with Crippen LogP contribution in [0.15, 0.2) is 0 Å². The van der Waals surface area contributed by atoms with E-state index in [1.807, 2.05) is 0 Å². The monoisotopic (exact) mass is 630 g/mol. The zero-order chi connectivity index (χ0) is 29.7. The molecule has 238 valence electrons. The molecule has 0 spiro atoms. The molecule has 0 aliphatic heterocycles. The molecule has 0 rings (SSSR count). The van der Waals surface area contributed by atoms with Crippen LogP contribution < -0.4 is 0 Å². The molecule has 0 N–H and O–H groups in total. The van der Waals surface area contributed by atoms with Crippen LogP contribution in [0.1, 0.15) is 182 Å². The van der Waals surface area contributed by atoms with Gasteiger partial charge in [0.25, 0.3) is 0 Å². The first kappa shape index (κ1) is 39.4. The van der Waals surface area contributed by atoms with E-state index in [1.165, 1.54) is 128 Å². The van der Waals surface area contributed by atoms with Gasteiger partial charge in [-0.25, -0.2) is 0 Å². The minimum atomic E-state index is -1.03. The Labute approximate surface area is 258 Å². The predicted molar refractivity (Wildman–Crippen MR) is 175 cm³/mol. The van der Waals surface area contributed by atoms with Crippen LogP contribution in [0.5, 0.6) is 0 Å². The summed E-state index contributed by atoms with van der Waals surface area (Å²) >= 11 is 3.28. The number of carbonyl (C=O) groups excluding carboxylic acids is 2. The molecule has 5 heteroatoms. The number of alkyl halides is 1. The third-order valence-corrected chi connectivity index (χ3v) is 8.95. The molecule has 40 heavy (non-hydrogen) atoms. The smallest absolute Gasteiger partial charge is 0.331 e. The average Bonchev–Trinajstić information content (AvgIpc) is 2.96. The van der Waals surface area contributed by atoms with Crippen molar-refractivity contribution in [3.8, 4) is 0 Å². The molecule has 2 atom stereocenters. The Morgan fingerprint density at radius 1 is 0.450 bits per heavy atom. The van der Waals surface area contributed by atoms with Crippen LogP contribution in [-0.4, -0.2) is 30.0 Å². The molecular formula is C35H67BrO4. The van der Waals surface area contributed by atoms with Gasteiger partial charge in [-0.15, -0.1) is 0 Å². The number of esters is 2. The van der Waals surface area contributed by atoms with Crippen LogP contribution in [0, 0.1) is 11.8 Å². The molecule has 0 heterocycles. The molecule has 0 aromatic rings. The van der Waals surface area contributed by atoms with Gasteiger partial charge < -0.3 is 9.47 Å². The zero-order valence-corrected chi connectivity index (χ0v) is 28.7. The Morgan fingerprint density at radius 2 is 0.700 bits per heavy atom. The van der Waals surface area contributed by atoms with Gasteiger partial charge >= 0.3 is 11.9 Å². The Bertz CT molecular complexity index is 520. The van der Waals surface area contributed by atoms with Crippen molar-refractivity contribution in [3.63, 3.8) is 0 Å². The fraction of sp³-hybridized carbons (Fsp3) is 0.943. The molecule has 0 aromatic heterocycles. The van der Waals surface area contributed by atoms with Crippen molar-refractivity contribution in [2.45, 2.75) is 187 Å². The van der Waals surface area contributed by atoms with Crippen molar-refractivity contribution >= 4 is 27.9 Å². The van der Waals surface area contributed by atoms with Crippen LogP contribution in [0.25, 0.3) is 0 Å². The molecule has 0 aliphatic carbocycles. The maximum absolute atomic E-state index is 12.7. The van der Waals surface area contributed by atoms with Crippen LogP contribution in [0.3, 0.4) is 0 Å². The lowest BCUT2D eigenvalue weighted by molar-refractivity contribution is -0.154. The minimum absolute atomic E-state index is 0.382. The van der Waals surface area contributed by atoms with Gasteiger partial charge in [-0.05, 0) is 37.5 Å². The van der Waals surface area contributed by atoms with Crippen LogP contribution in [0.2, 0.25) is 0 Å². The van der Waals surface area contributed by atoms with E-state index < -0.39 is 16.8 Å². The highest BCUT2D eigenvalue weighted by molar-refractivity contribution is 9.10. The van der Waals surface area contributed by atoms with Crippen molar-refractivity contribution in [1.29, 1.82) is 0 Å². The molecule has 0 saturated carbocycles. The maximum atomic E-state index is 12.7. The molecule has 0 fully saturated rings. The van der Waals surface area contributed by atoms with E-state index in [2.05, 4.69) is 43.6 Å². The Hall–Kier alpha value is -0.580. The second-order valence-electron chi connectivity index (χ2n) is 12.2. The van der Waals surface area contributed by atoms with E-state index >= 15 is 0 Å². The quantitative estimate of drug-likeness (QED) is 0.0343. The molecule has 0 aliphatic rings. The Kier molecular flexibility index (Phi) is 29.5. The second kappa shape index (κ2) is 29.9. The topological polar surface area (TPSA) is 52.6 Å². The SMILES string of the molecule is CCCCCCCCC(CCCCCC)COC(=O)C(Br)C(=O)OCC(CCCCCC)CCCCCCCC. The molecule has 0 saturated heterocycles. The fourth-order valence-electron chi connectivity index (χ4n) is 5.41.